The summed E-state index contributed by atoms with van der Waals surface area (Å²) in [6.45, 7) is 4.63. The lowest BCUT2D eigenvalue weighted by Crippen LogP contribution is -2.34. The first-order chi connectivity index (χ1) is 9.05. The molecule has 1 fully saturated rings. The van der Waals surface area contributed by atoms with Crippen LogP contribution in [0.3, 0.4) is 0 Å². The van der Waals surface area contributed by atoms with Crippen molar-refractivity contribution in [1.82, 2.24) is 0 Å². The van der Waals surface area contributed by atoms with Gasteiger partial charge in [-0.25, -0.2) is 0 Å². The molecule has 0 aliphatic heterocycles. The molecule has 0 amide bonds. The van der Waals surface area contributed by atoms with E-state index in [2.05, 4.69) is 44.2 Å². The second-order valence-corrected chi connectivity index (χ2v) is 6.19. The van der Waals surface area contributed by atoms with Crippen molar-refractivity contribution >= 4 is 5.97 Å². The van der Waals surface area contributed by atoms with E-state index in [1.54, 1.807) is 0 Å². The summed E-state index contributed by atoms with van der Waals surface area (Å²) in [6.07, 6.45) is 3.99. The van der Waals surface area contributed by atoms with Crippen LogP contribution in [0.1, 0.15) is 45.1 Å². The van der Waals surface area contributed by atoms with Gasteiger partial charge < -0.3 is 4.74 Å². The van der Waals surface area contributed by atoms with Gasteiger partial charge in [-0.1, -0.05) is 44.2 Å². The van der Waals surface area contributed by atoms with Gasteiger partial charge in [0.25, 0.3) is 0 Å². The quantitative estimate of drug-likeness (QED) is 0.769. The lowest BCUT2D eigenvalue weighted by Gasteiger charge is -2.41. The molecule has 0 spiro atoms. The molecule has 1 aliphatic carbocycles. The van der Waals surface area contributed by atoms with E-state index in [0.29, 0.717) is 18.3 Å². The van der Waals surface area contributed by atoms with Gasteiger partial charge >= 0.3 is 5.97 Å². The molecule has 0 aromatic heterocycles. The Morgan fingerprint density at radius 3 is 2.63 bits per heavy atom. The number of carbonyl (C=O) groups excluding carboxylic acids is 1. The fourth-order valence-corrected chi connectivity index (χ4v) is 3.47. The Balaban J connectivity index is 2.05. The fourth-order valence-electron chi connectivity index (χ4n) is 3.47. The topological polar surface area (TPSA) is 26.3 Å². The summed E-state index contributed by atoms with van der Waals surface area (Å²) < 4.78 is 4.80. The Morgan fingerprint density at radius 2 is 2.05 bits per heavy atom. The van der Waals surface area contributed by atoms with Crippen LogP contribution in [0.25, 0.3) is 0 Å². The molecule has 1 aliphatic rings. The minimum atomic E-state index is -0.0693. The zero-order valence-corrected chi connectivity index (χ0v) is 12.2. The summed E-state index contributed by atoms with van der Waals surface area (Å²) in [4.78, 5) is 11.4. The number of hydrogen-bond donors (Lipinski definition) is 0. The van der Waals surface area contributed by atoms with Crippen molar-refractivity contribution in [3.05, 3.63) is 35.9 Å². The van der Waals surface area contributed by atoms with Gasteiger partial charge in [-0.2, -0.15) is 0 Å². The maximum absolute atomic E-state index is 11.4. The van der Waals surface area contributed by atoms with Crippen molar-refractivity contribution in [3.8, 4) is 0 Å². The van der Waals surface area contributed by atoms with Gasteiger partial charge in [-0.15, -0.1) is 0 Å². The number of esters is 1. The Morgan fingerprint density at radius 1 is 1.37 bits per heavy atom. The van der Waals surface area contributed by atoms with Crippen molar-refractivity contribution in [1.29, 1.82) is 0 Å². The van der Waals surface area contributed by atoms with E-state index in [-0.39, 0.29) is 11.4 Å². The normalized spacial score (nSPS) is 30.9. The standard InChI is InChI=1S/C17H24O2/c1-13-12-17(2,15-7-5-4-6-8-15)10-9-14(13)11-16(18)19-3/h4-8,13-14H,9-12H2,1-3H3/t13-,14?,17?/m1/s1. The van der Waals surface area contributed by atoms with Crippen LogP contribution >= 0.6 is 0 Å². The van der Waals surface area contributed by atoms with Crippen LogP contribution in [-0.4, -0.2) is 13.1 Å². The van der Waals surface area contributed by atoms with E-state index in [1.807, 2.05) is 0 Å². The van der Waals surface area contributed by atoms with Crippen LogP contribution in [-0.2, 0) is 14.9 Å². The van der Waals surface area contributed by atoms with Gasteiger partial charge in [0.05, 0.1) is 7.11 Å². The molecule has 0 radical (unpaired) electrons. The number of carbonyl (C=O) groups is 1. The summed E-state index contributed by atoms with van der Waals surface area (Å²) >= 11 is 0. The highest BCUT2D eigenvalue weighted by molar-refractivity contribution is 5.69. The number of methoxy groups -OCH3 is 1. The van der Waals surface area contributed by atoms with Gasteiger partial charge in [0.1, 0.15) is 0 Å². The highest BCUT2D eigenvalue weighted by Gasteiger charge is 2.37. The van der Waals surface area contributed by atoms with Gasteiger partial charge in [-0.05, 0) is 42.1 Å². The lowest BCUT2D eigenvalue weighted by molar-refractivity contribution is -0.142. The first kappa shape index (κ1) is 14.1. The highest BCUT2D eigenvalue weighted by Crippen LogP contribution is 2.45. The molecular formula is C17H24O2. The predicted octanol–water partition coefficient (Wildman–Crippen LogP) is 3.94. The van der Waals surface area contributed by atoms with Crippen LogP contribution in [0.4, 0.5) is 0 Å². The minimum absolute atomic E-state index is 0.0693. The average molecular weight is 260 g/mol. The molecule has 2 heteroatoms. The molecule has 1 aromatic carbocycles. The molecule has 2 nitrogen and oxygen atoms in total. The van der Waals surface area contributed by atoms with Gasteiger partial charge in [0, 0.05) is 6.42 Å². The Bertz CT molecular complexity index is 426. The van der Waals surface area contributed by atoms with E-state index >= 15 is 0 Å². The first-order valence-electron chi connectivity index (χ1n) is 7.17. The molecule has 1 saturated carbocycles. The largest absolute Gasteiger partial charge is 0.469 e. The van der Waals surface area contributed by atoms with Crippen molar-refractivity contribution in [2.75, 3.05) is 7.11 Å². The molecule has 3 atom stereocenters. The molecule has 2 rings (SSSR count). The lowest BCUT2D eigenvalue weighted by atomic mass is 9.63. The van der Waals surface area contributed by atoms with E-state index < -0.39 is 0 Å². The number of ether oxygens (including phenoxy) is 1. The van der Waals surface area contributed by atoms with Crippen LogP contribution in [0.15, 0.2) is 30.3 Å². The van der Waals surface area contributed by atoms with Crippen molar-refractivity contribution < 1.29 is 9.53 Å². The predicted molar refractivity (Wildman–Crippen MR) is 76.9 cm³/mol. The van der Waals surface area contributed by atoms with Crippen LogP contribution in [0.5, 0.6) is 0 Å². The van der Waals surface area contributed by atoms with Crippen molar-refractivity contribution in [3.63, 3.8) is 0 Å². The van der Waals surface area contributed by atoms with Crippen molar-refractivity contribution in [2.24, 2.45) is 11.8 Å². The van der Waals surface area contributed by atoms with E-state index in [9.17, 15) is 4.79 Å². The second-order valence-electron chi connectivity index (χ2n) is 6.19. The third-order valence-corrected chi connectivity index (χ3v) is 4.77. The molecule has 19 heavy (non-hydrogen) atoms. The van der Waals surface area contributed by atoms with E-state index in [1.165, 1.54) is 12.7 Å². The molecule has 0 heterocycles. The third kappa shape index (κ3) is 3.17. The SMILES string of the molecule is COC(=O)CC1CCC(C)(c2ccccc2)C[C@H]1C. The number of hydrogen-bond acceptors (Lipinski definition) is 2. The summed E-state index contributed by atoms with van der Waals surface area (Å²) in [5, 5.41) is 0. The van der Waals surface area contributed by atoms with Gasteiger partial charge in [-0.3, -0.25) is 4.79 Å². The average Bonchev–Trinajstić information content (AvgIpc) is 2.43. The number of benzene rings is 1. The molecule has 0 bridgehead atoms. The van der Waals surface area contributed by atoms with Crippen LogP contribution in [0, 0.1) is 11.8 Å². The van der Waals surface area contributed by atoms with Gasteiger partial charge in [0.2, 0.25) is 0 Å². The fraction of sp³-hybridized carbons (Fsp3) is 0.588. The summed E-state index contributed by atoms with van der Waals surface area (Å²) in [5.74, 6) is 0.974. The first-order valence-corrected chi connectivity index (χ1v) is 7.17. The molecule has 1 aromatic rings. The monoisotopic (exact) mass is 260 g/mol. The van der Waals surface area contributed by atoms with Gasteiger partial charge in [0.15, 0.2) is 0 Å². The van der Waals surface area contributed by atoms with E-state index in [4.69, 9.17) is 4.74 Å². The Hall–Kier alpha value is -1.31. The minimum Gasteiger partial charge on any atom is -0.469 e. The van der Waals surface area contributed by atoms with E-state index in [0.717, 1.165) is 19.3 Å². The molecule has 0 saturated heterocycles. The summed E-state index contributed by atoms with van der Waals surface area (Å²) in [7, 11) is 1.48. The molecule has 0 N–H and O–H groups in total. The number of rotatable bonds is 3. The third-order valence-electron chi connectivity index (χ3n) is 4.77. The van der Waals surface area contributed by atoms with Crippen LogP contribution in [0.2, 0.25) is 0 Å². The molecule has 104 valence electrons. The Labute approximate surface area is 116 Å². The van der Waals surface area contributed by atoms with Crippen molar-refractivity contribution in [2.45, 2.75) is 44.9 Å². The smallest absolute Gasteiger partial charge is 0.305 e. The van der Waals surface area contributed by atoms with Crippen LogP contribution < -0.4 is 0 Å². The maximum atomic E-state index is 11.4. The summed E-state index contributed by atoms with van der Waals surface area (Å²) in [5.41, 5.74) is 1.69. The summed E-state index contributed by atoms with van der Waals surface area (Å²) in [6, 6.07) is 10.8. The Kier molecular flexibility index (Phi) is 4.28. The zero-order chi connectivity index (χ0) is 13.9. The maximum Gasteiger partial charge on any atom is 0.305 e. The molecule has 2 unspecified atom stereocenters. The molecular weight excluding hydrogens is 236 g/mol. The second kappa shape index (κ2) is 5.77. The zero-order valence-electron chi connectivity index (χ0n) is 12.2. The highest BCUT2D eigenvalue weighted by atomic mass is 16.5.